The lowest BCUT2D eigenvalue weighted by molar-refractivity contribution is -0.138. The zero-order valence-corrected chi connectivity index (χ0v) is 19.5. The number of hydrogen-bond donors (Lipinski definition) is 1. The van der Waals surface area contributed by atoms with E-state index in [0.717, 1.165) is 0 Å². The lowest BCUT2D eigenvalue weighted by Crippen LogP contribution is -2.25. The summed E-state index contributed by atoms with van der Waals surface area (Å²) in [4.78, 5) is 15.3. The molecule has 0 spiro atoms. The van der Waals surface area contributed by atoms with Crippen LogP contribution in [0.25, 0.3) is 6.08 Å². The fraction of sp³-hybridized carbons (Fsp3) is 0.391. The minimum Gasteiger partial charge on any atom is -0.491 e. The van der Waals surface area contributed by atoms with E-state index in [0.29, 0.717) is 17.8 Å². The van der Waals surface area contributed by atoms with Gasteiger partial charge in [-0.15, -0.1) is 0 Å². The Morgan fingerprint density at radius 3 is 2.59 bits per heavy atom. The Morgan fingerprint density at radius 1 is 1.24 bits per heavy atom. The topological polar surface area (TPSA) is 87.1 Å². The summed E-state index contributed by atoms with van der Waals surface area (Å²) < 4.78 is 60.1. The summed E-state index contributed by atoms with van der Waals surface area (Å²) >= 11 is 5.95. The van der Waals surface area contributed by atoms with Crippen molar-refractivity contribution < 1.29 is 42.0 Å². The van der Waals surface area contributed by atoms with E-state index in [9.17, 15) is 23.1 Å². The first-order valence-corrected chi connectivity index (χ1v) is 10.7. The Bertz CT molecular complexity index is 997. The highest BCUT2D eigenvalue weighted by atomic mass is 35.5. The van der Waals surface area contributed by atoms with Gasteiger partial charge in [-0.1, -0.05) is 11.6 Å². The van der Waals surface area contributed by atoms with E-state index >= 15 is 0 Å². The van der Waals surface area contributed by atoms with Crippen LogP contribution in [0.4, 0.5) is 13.2 Å². The standard InChI is InChI=1S/C23H25ClF3NO6/c1-4-31-21(30)8-6-15-5-7-18(33-13-17(29)12-32-14(2)3)10-20(15)34-22-19(24)9-16(11-28-22)23(25,26)27/h5-11,14,17,29H,4,12-13H2,1-3H3/b8-6+. The number of aliphatic hydroxyl groups excluding tert-OH is 1. The quantitative estimate of drug-likeness (QED) is 0.329. The second kappa shape index (κ2) is 12.6. The molecule has 0 aliphatic heterocycles. The molecular formula is C23H25ClF3NO6. The van der Waals surface area contributed by atoms with Crippen molar-refractivity contribution in [3.05, 3.63) is 52.7 Å². The van der Waals surface area contributed by atoms with Crippen LogP contribution in [0, 0.1) is 0 Å². The molecule has 11 heteroatoms. The van der Waals surface area contributed by atoms with Crippen molar-refractivity contribution in [2.75, 3.05) is 19.8 Å². The van der Waals surface area contributed by atoms with E-state index in [4.69, 9.17) is 30.5 Å². The molecule has 1 heterocycles. The number of ether oxygens (including phenoxy) is 4. The Kier molecular flexibility index (Phi) is 10.2. The van der Waals surface area contributed by atoms with E-state index in [1.807, 2.05) is 13.8 Å². The predicted molar refractivity (Wildman–Crippen MR) is 119 cm³/mol. The molecule has 0 saturated carbocycles. The van der Waals surface area contributed by atoms with Crippen molar-refractivity contribution in [2.24, 2.45) is 0 Å². The Balaban J connectivity index is 2.28. The zero-order chi connectivity index (χ0) is 25.3. The molecule has 1 atom stereocenters. The van der Waals surface area contributed by atoms with Crippen LogP contribution in [0.3, 0.4) is 0 Å². The number of aliphatic hydroxyl groups is 1. The number of benzene rings is 1. The Labute approximate surface area is 200 Å². The summed E-state index contributed by atoms with van der Waals surface area (Å²) in [7, 11) is 0. The maximum Gasteiger partial charge on any atom is 0.417 e. The maximum atomic E-state index is 12.9. The van der Waals surface area contributed by atoms with Crippen LogP contribution in [0.15, 0.2) is 36.5 Å². The van der Waals surface area contributed by atoms with Gasteiger partial charge in [-0.3, -0.25) is 0 Å². The van der Waals surface area contributed by atoms with Gasteiger partial charge in [0, 0.05) is 23.9 Å². The molecule has 0 aliphatic carbocycles. The zero-order valence-electron chi connectivity index (χ0n) is 18.8. The lowest BCUT2D eigenvalue weighted by atomic mass is 10.1. The van der Waals surface area contributed by atoms with Crippen LogP contribution >= 0.6 is 11.6 Å². The molecule has 7 nitrogen and oxygen atoms in total. The van der Waals surface area contributed by atoms with E-state index in [1.165, 1.54) is 18.2 Å². The molecule has 1 aromatic heterocycles. The highest BCUT2D eigenvalue weighted by Gasteiger charge is 2.32. The van der Waals surface area contributed by atoms with Gasteiger partial charge in [0.2, 0.25) is 5.88 Å². The molecule has 186 valence electrons. The molecule has 2 aromatic rings. The third-order valence-electron chi connectivity index (χ3n) is 4.08. The molecule has 2 rings (SSSR count). The number of halogens is 4. The van der Waals surface area contributed by atoms with Gasteiger partial charge in [-0.05, 0) is 45.0 Å². The molecule has 1 N–H and O–H groups in total. The lowest BCUT2D eigenvalue weighted by Gasteiger charge is -2.16. The average Bonchev–Trinajstić information content (AvgIpc) is 2.76. The summed E-state index contributed by atoms with van der Waals surface area (Å²) in [5.74, 6) is -0.481. The third-order valence-corrected chi connectivity index (χ3v) is 4.35. The van der Waals surface area contributed by atoms with Gasteiger partial charge in [0.25, 0.3) is 0 Å². The van der Waals surface area contributed by atoms with Crippen molar-refractivity contribution in [3.8, 4) is 17.4 Å². The minimum absolute atomic E-state index is 0.0545. The van der Waals surface area contributed by atoms with Crippen molar-refractivity contribution in [1.29, 1.82) is 0 Å². The van der Waals surface area contributed by atoms with Gasteiger partial charge in [-0.25, -0.2) is 9.78 Å². The van der Waals surface area contributed by atoms with Crippen LogP contribution in [0.5, 0.6) is 17.4 Å². The molecule has 1 aromatic carbocycles. The summed E-state index contributed by atoms with van der Waals surface area (Å²) in [6, 6.07) is 5.24. The molecular weight excluding hydrogens is 479 g/mol. The fourth-order valence-corrected chi connectivity index (χ4v) is 2.69. The van der Waals surface area contributed by atoms with Crippen LogP contribution in [0.2, 0.25) is 5.02 Å². The third kappa shape index (κ3) is 8.85. The number of esters is 1. The van der Waals surface area contributed by atoms with E-state index in [-0.39, 0.29) is 48.3 Å². The number of nitrogens with zero attached hydrogens (tertiary/aromatic N) is 1. The summed E-state index contributed by atoms with van der Waals surface area (Å²) in [6.45, 7) is 5.51. The number of hydrogen-bond acceptors (Lipinski definition) is 7. The van der Waals surface area contributed by atoms with Crippen LogP contribution < -0.4 is 9.47 Å². The van der Waals surface area contributed by atoms with Gasteiger partial charge in [0.05, 0.1) is 24.9 Å². The van der Waals surface area contributed by atoms with Crippen molar-refractivity contribution in [3.63, 3.8) is 0 Å². The number of carbonyl (C=O) groups excluding carboxylic acids is 1. The van der Waals surface area contributed by atoms with Crippen LogP contribution in [-0.4, -0.2) is 48.1 Å². The van der Waals surface area contributed by atoms with E-state index in [1.54, 1.807) is 19.1 Å². The van der Waals surface area contributed by atoms with Crippen LogP contribution in [0.1, 0.15) is 31.9 Å². The Hall–Kier alpha value is -2.82. The smallest absolute Gasteiger partial charge is 0.417 e. The SMILES string of the molecule is CCOC(=O)/C=C/c1ccc(OCC(O)COC(C)C)cc1Oc1ncc(C(F)(F)F)cc1Cl. The van der Waals surface area contributed by atoms with Gasteiger partial charge < -0.3 is 24.1 Å². The van der Waals surface area contributed by atoms with Gasteiger partial charge >= 0.3 is 12.1 Å². The minimum atomic E-state index is -4.61. The number of rotatable bonds is 11. The predicted octanol–water partition coefficient (Wildman–Crippen LogP) is 5.29. The first kappa shape index (κ1) is 27.4. The molecule has 0 saturated heterocycles. The van der Waals surface area contributed by atoms with Crippen molar-refractivity contribution in [1.82, 2.24) is 4.98 Å². The first-order valence-electron chi connectivity index (χ1n) is 10.3. The van der Waals surface area contributed by atoms with E-state index in [2.05, 4.69) is 4.98 Å². The monoisotopic (exact) mass is 503 g/mol. The highest BCUT2D eigenvalue weighted by molar-refractivity contribution is 6.31. The normalized spacial score (nSPS) is 12.7. The number of carbonyl (C=O) groups is 1. The second-order valence-corrected chi connectivity index (χ2v) is 7.65. The van der Waals surface area contributed by atoms with Crippen molar-refractivity contribution >= 4 is 23.6 Å². The number of aromatic nitrogens is 1. The second-order valence-electron chi connectivity index (χ2n) is 7.24. The molecule has 0 fully saturated rings. The van der Waals surface area contributed by atoms with Gasteiger partial charge in [0.1, 0.15) is 29.2 Å². The van der Waals surface area contributed by atoms with Gasteiger partial charge in [-0.2, -0.15) is 13.2 Å². The average molecular weight is 504 g/mol. The van der Waals surface area contributed by atoms with Gasteiger partial charge in [0.15, 0.2) is 0 Å². The molecule has 0 amide bonds. The number of alkyl halides is 3. The summed E-state index contributed by atoms with van der Waals surface area (Å²) in [5, 5.41) is 9.62. The maximum absolute atomic E-state index is 12.9. The molecule has 34 heavy (non-hydrogen) atoms. The van der Waals surface area contributed by atoms with E-state index < -0.39 is 23.8 Å². The van der Waals surface area contributed by atoms with Crippen LogP contribution in [-0.2, 0) is 20.4 Å². The number of pyridine rings is 1. The Morgan fingerprint density at radius 2 is 1.97 bits per heavy atom. The summed E-state index contributed by atoms with van der Waals surface area (Å²) in [5.41, 5.74) is -0.649. The first-order chi connectivity index (χ1) is 16.0. The largest absolute Gasteiger partial charge is 0.491 e. The molecule has 0 aliphatic rings. The summed E-state index contributed by atoms with van der Waals surface area (Å²) in [6.07, 6.45) is -2.39. The molecule has 1 unspecified atom stereocenters. The molecule has 0 bridgehead atoms. The highest BCUT2D eigenvalue weighted by Crippen LogP contribution is 2.36. The van der Waals surface area contributed by atoms with Crippen molar-refractivity contribution in [2.45, 2.75) is 39.2 Å². The molecule has 0 radical (unpaired) electrons. The fourth-order valence-electron chi connectivity index (χ4n) is 2.48.